The second-order valence-electron chi connectivity index (χ2n) is 3.94. The van der Waals surface area contributed by atoms with Crippen LogP contribution >= 0.6 is 0 Å². The molecule has 0 bridgehead atoms. The van der Waals surface area contributed by atoms with E-state index in [1.165, 1.54) is 12.3 Å². The maximum absolute atomic E-state index is 12.1. The second kappa shape index (κ2) is 5.29. The molecule has 0 spiro atoms. The Kier molecular flexibility index (Phi) is 3.74. The first-order chi connectivity index (χ1) is 8.59. The van der Waals surface area contributed by atoms with Gasteiger partial charge in [0.2, 0.25) is 10.0 Å². The third-order valence-corrected chi connectivity index (χ3v) is 4.10. The SMILES string of the molecule is C[C@@H](NS(=O)(=O)c1cccnc1)c1ccccc1. The van der Waals surface area contributed by atoms with E-state index in [1.54, 1.807) is 12.3 Å². The molecule has 1 heterocycles. The standard InChI is InChI=1S/C13H14N2O2S/c1-11(12-6-3-2-4-7-12)15-18(16,17)13-8-5-9-14-10-13/h2-11,15H,1H3/t11-/m1/s1. The summed E-state index contributed by atoms with van der Waals surface area (Å²) in [5.74, 6) is 0. The van der Waals surface area contributed by atoms with Gasteiger partial charge in [0, 0.05) is 18.4 Å². The fourth-order valence-electron chi connectivity index (χ4n) is 1.62. The molecule has 1 aromatic carbocycles. The minimum absolute atomic E-state index is 0.174. The molecule has 0 aliphatic heterocycles. The van der Waals surface area contributed by atoms with E-state index in [1.807, 2.05) is 37.3 Å². The minimum Gasteiger partial charge on any atom is -0.263 e. The van der Waals surface area contributed by atoms with Crippen molar-refractivity contribution in [3.8, 4) is 0 Å². The fraction of sp³-hybridized carbons (Fsp3) is 0.154. The Morgan fingerprint density at radius 1 is 1.11 bits per heavy atom. The first-order valence-corrected chi connectivity index (χ1v) is 7.05. The second-order valence-corrected chi connectivity index (χ2v) is 5.66. The molecule has 0 saturated heterocycles. The van der Waals surface area contributed by atoms with Gasteiger partial charge in [-0.1, -0.05) is 30.3 Å². The molecule has 0 aliphatic carbocycles. The molecule has 0 aliphatic rings. The van der Waals surface area contributed by atoms with Crippen molar-refractivity contribution in [2.24, 2.45) is 0 Å². The summed E-state index contributed by atoms with van der Waals surface area (Å²) >= 11 is 0. The van der Waals surface area contributed by atoms with E-state index in [0.717, 1.165) is 5.56 Å². The van der Waals surface area contributed by atoms with Crippen LogP contribution in [0.25, 0.3) is 0 Å². The molecule has 94 valence electrons. The van der Waals surface area contributed by atoms with Crippen molar-refractivity contribution >= 4 is 10.0 Å². The maximum Gasteiger partial charge on any atom is 0.242 e. The molecule has 0 unspecified atom stereocenters. The summed E-state index contributed by atoms with van der Waals surface area (Å²) in [4.78, 5) is 3.99. The van der Waals surface area contributed by atoms with Crippen molar-refractivity contribution in [3.63, 3.8) is 0 Å². The van der Waals surface area contributed by atoms with Gasteiger partial charge in [0.25, 0.3) is 0 Å². The Bertz CT molecular complexity index is 597. The van der Waals surface area contributed by atoms with Crippen LogP contribution in [0.15, 0.2) is 59.8 Å². The summed E-state index contributed by atoms with van der Waals surface area (Å²) in [7, 11) is -3.52. The molecule has 2 rings (SSSR count). The van der Waals surface area contributed by atoms with Gasteiger partial charge in [-0.25, -0.2) is 13.1 Å². The lowest BCUT2D eigenvalue weighted by molar-refractivity contribution is 0.566. The lowest BCUT2D eigenvalue weighted by Gasteiger charge is -2.14. The molecule has 1 N–H and O–H groups in total. The molecule has 1 atom stereocenters. The Hall–Kier alpha value is -1.72. The van der Waals surface area contributed by atoms with Crippen molar-refractivity contribution in [2.45, 2.75) is 17.9 Å². The molecular weight excluding hydrogens is 248 g/mol. The highest BCUT2D eigenvalue weighted by Gasteiger charge is 2.17. The summed E-state index contributed by atoms with van der Waals surface area (Å²) < 4.78 is 26.8. The number of nitrogens with one attached hydrogen (secondary N) is 1. The molecule has 0 fully saturated rings. The largest absolute Gasteiger partial charge is 0.263 e. The van der Waals surface area contributed by atoms with Gasteiger partial charge in [0.1, 0.15) is 4.90 Å². The average Bonchev–Trinajstić information content (AvgIpc) is 2.40. The van der Waals surface area contributed by atoms with Crippen molar-refractivity contribution < 1.29 is 8.42 Å². The van der Waals surface area contributed by atoms with Gasteiger partial charge in [-0.15, -0.1) is 0 Å². The highest BCUT2D eigenvalue weighted by molar-refractivity contribution is 7.89. The zero-order valence-corrected chi connectivity index (χ0v) is 10.8. The molecule has 1 aromatic heterocycles. The normalized spacial score (nSPS) is 13.2. The molecular formula is C13H14N2O2S. The third-order valence-electron chi connectivity index (χ3n) is 2.58. The van der Waals surface area contributed by atoms with Gasteiger partial charge in [-0.05, 0) is 24.6 Å². The molecule has 0 radical (unpaired) electrons. The van der Waals surface area contributed by atoms with Crippen molar-refractivity contribution in [2.75, 3.05) is 0 Å². The number of nitrogens with zero attached hydrogens (tertiary/aromatic N) is 1. The smallest absolute Gasteiger partial charge is 0.242 e. The Balaban J connectivity index is 2.20. The molecule has 4 nitrogen and oxygen atoms in total. The zero-order chi connectivity index (χ0) is 13.0. The molecule has 5 heteroatoms. The summed E-state index contributed by atoms with van der Waals surface area (Å²) in [6, 6.07) is 12.3. The van der Waals surface area contributed by atoms with E-state index in [-0.39, 0.29) is 10.9 Å². The van der Waals surface area contributed by atoms with E-state index >= 15 is 0 Å². The first-order valence-electron chi connectivity index (χ1n) is 5.57. The Morgan fingerprint density at radius 2 is 1.83 bits per heavy atom. The summed E-state index contributed by atoms with van der Waals surface area (Å²) in [5.41, 5.74) is 0.921. The molecule has 0 amide bonds. The first kappa shape index (κ1) is 12.7. The monoisotopic (exact) mass is 262 g/mol. The third kappa shape index (κ3) is 2.94. The van der Waals surface area contributed by atoms with Crippen LogP contribution in [-0.4, -0.2) is 13.4 Å². The van der Waals surface area contributed by atoms with E-state index in [4.69, 9.17) is 0 Å². The van der Waals surface area contributed by atoms with Gasteiger partial charge in [-0.3, -0.25) is 4.98 Å². The summed E-state index contributed by atoms with van der Waals surface area (Å²) in [6.45, 7) is 1.81. The number of pyridine rings is 1. The lowest BCUT2D eigenvalue weighted by Crippen LogP contribution is -2.26. The van der Waals surface area contributed by atoms with Crippen LogP contribution < -0.4 is 4.72 Å². The van der Waals surface area contributed by atoms with Gasteiger partial charge >= 0.3 is 0 Å². The van der Waals surface area contributed by atoms with Gasteiger partial charge in [-0.2, -0.15) is 0 Å². The van der Waals surface area contributed by atoms with Gasteiger partial charge in [0.15, 0.2) is 0 Å². The quantitative estimate of drug-likeness (QED) is 0.918. The minimum atomic E-state index is -3.52. The number of hydrogen-bond donors (Lipinski definition) is 1. The average molecular weight is 262 g/mol. The number of hydrogen-bond acceptors (Lipinski definition) is 3. The van der Waals surface area contributed by atoms with Gasteiger partial charge in [0.05, 0.1) is 0 Å². The predicted molar refractivity (Wildman–Crippen MR) is 69.4 cm³/mol. The van der Waals surface area contributed by atoms with E-state index < -0.39 is 10.0 Å². The number of benzene rings is 1. The molecule has 0 saturated carbocycles. The summed E-state index contributed by atoms with van der Waals surface area (Å²) in [6.07, 6.45) is 2.87. The Labute approximate surface area is 107 Å². The highest BCUT2D eigenvalue weighted by atomic mass is 32.2. The predicted octanol–water partition coefficient (Wildman–Crippen LogP) is 2.12. The van der Waals surface area contributed by atoms with Gasteiger partial charge < -0.3 is 0 Å². The van der Waals surface area contributed by atoms with Crippen LogP contribution in [-0.2, 0) is 10.0 Å². The van der Waals surface area contributed by atoms with Crippen LogP contribution in [0.4, 0.5) is 0 Å². The molecule has 18 heavy (non-hydrogen) atoms. The van der Waals surface area contributed by atoms with Crippen LogP contribution in [0.3, 0.4) is 0 Å². The Morgan fingerprint density at radius 3 is 2.44 bits per heavy atom. The fourth-order valence-corrected chi connectivity index (χ4v) is 2.81. The van der Waals surface area contributed by atoms with Crippen LogP contribution in [0.1, 0.15) is 18.5 Å². The number of sulfonamides is 1. The van der Waals surface area contributed by atoms with E-state index in [0.29, 0.717) is 0 Å². The van der Waals surface area contributed by atoms with Crippen LogP contribution in [0, 0.1) is 0 Å². The van der Waals surface area contributed by atoms with Crippen molar-refractivity contribution in [3.05, 3.63) is 60.4 Å². The summed E-state index contributed by atoms with van der Waals surface area (Å²) in [5, 5.41) is 0. The number of rotatable bonds is 4. The van der Waals surface area contributed by atoms with Crippen LogP contribution in [0.2, 0.25) is 0 Å². The van der Waals surface area contributed by atoms with E-state index in [9.17, 15) is 8.42 Å². The lowest BCUT2D eigenvalue weighted by atomic mass is 10.1. The highest BCUT2D eigenvalue weighted by Crippen LogP contribution is 2.15. The van der Waals surface area contributed by atoms with E-state index in [2.05, 4.69) is 9.71 Å². The topological polar surface area (TPSA) is 59.1 Å². The molecule has 2 aromatic rings. The zero-order valence-electron chi connectivity index (χ0n) is 9.95. The number of aromatic nitrogens is 1. The van der Waals surface area contributed by atoms with Crippen LogP contribution in [0.5, 0.6) is 0 Å². The van der Waals surface area contributed by atoms with Crippen molar-refractivity contribution in [1.82, 2.24) is 9.71 Å². The maximum atomic E-state index is 12.1. The van der Waals surface area contributed by atoms with Crippen molar-refractivity contribution in [1.29, 1.82) is 0 Å².